The fourth-order valence-electron chi connectivity index (χ4n) is 1.80. The van der Waals surface area contributed by atoms with Crippen molar-refractivity contribution in [1.29, 1.82) is 0 Å². The Morgan fingerprint density at radius 2 is 2.19 bits per heavy atom. The number of H-pyrrole nitrogens is 1. The van der Waals surface area contributed by atoms with Crippen LogP contribution < -0.4 is 5.73 Å². The van der Waals surface area contributed by atoms with E-state index in [4.69, 9.17) is 5.73 Å². The van der Waals surface area contributed by atoms with Crippen molar-refractivity contribution in [3.8, 4) is 0 Å². The third-order valence-electron chi connectivity index (χ3n) is 2.54. The van der Waals surface area contributed by atoms with Crippen molar-refractivity contribution < 1.29 is 0 Å². The van der Waals surface area contributed by atoms with Crippen LogP contribution in [0.2, 0.25) is 0 Å². The smallest absolute Gasteiger partial charge is 0.124 e. The zero-order valence-electron chi connectivity index (χ0n) is 9.50. The van der Waals surface area contributed by atoms with E-state index < -0.39 is 0 Å². The Hall–Kier alpha value is -0.870. The highest BCUT2D eigenvalue weighted by atomic mass is 79.9. The molecule has 86 valence electrons. The quantitative estimate of drug-likeness (QED) is 0.906. The van der Waals surface area contributed by atoms with Gasteiger partial charge in [0.1, 0.15) is 5.82 Å². The van der Waals surface area contributed by atoms with E-state index in [1.807, 2.05) is 18.2 Å². The summed E-state index contributed by atoms with van der Waals surface area (Å²) in [6.07, 6.45) is 0.945. The molecule has 3 nitrogen and oxygen atoms in total. The van der Waals surface area contributed by atoms with Gasteiger partial charge in [0.25, 0.3) is 0 Å². The summed E-state index contributed by atoms with van der Waals surface area (Å²) in [4.78, 5) is 7.78. The largest absolute Gasteiger partial charge is 0.341 e. The summed E-state index contributed by atoms with van der Waals surface area (Å²) in [6.45, 7) is 4.33. The zero-order valence-corrected chi connectivity index (χ0v) is 11.1. The number of nitrogens with one attached hydrogen (secondary N) is 1. The van der Waals surface area contributed by atoms with Crippen molar-refractivity contribution >= 4 is 27.0 Å². The molecule has 16 heavy (non-hydrogen) atoms. The molecule has 0 radical (unpaired) electrons. The number of nitrogens with two attached hydrogens (primary N) is 1. The summed E-state index contributed by atoms with van der Waals surface area (Å²) < 4.78 is 1.05. The standard InChI is InChI=1S/C12H16BrN3/c1-7(2)5-9(14)12-15-10-4-3-8(13)6-11(10)16-12/h3-4,6-7,9H,5,14H2,1-2H3,(H,15,16)/t9-/m1/s1. The Morgan fingerprint density at radius 1 is 1.44 bits per heavy atom. The van der Waals surface area contributed by atoms with Crippen molar-refractivity contribution in [1.82, 2.24) is 9.97 Å². The van der Waals surface area contributed by atoms with Gasteiger partial charge in [-0.2, -0.15) is 0 Å². The highest BCUT2D eigenvalue weighted by Gasteiger charge is 2.12. The summed E-state index contributed by atoms with van der Waals surface area (Å²) >= 11 is 3.44. The minimum atomic E-state index is -0.00817. The van der Waals surface area contributed by atoms with Gasteiger partial charge in [-0.3, -0.25) is 0 Å². The van der Waals surface area contributed by atoms with Crippen LogP contribution in [-0.4, -0.2) is 9.97 Å². The number of benzene rings is 1. The van der Waals surface area contributed by atoms with Crippen LogP contribution in [0.15, 0.2) is 22.7 Å². The van der Waals surface area contributed by atoms with E-state index in [9.17, 15) is 0 Å². The number of imidazole rings is 1. The molecule has 1 aromatic heterocycles. The first-order valence-corrected chi connectivity index (χ1v) is 6.26. The lowest BCUT2D eigenvalue weighted by Crippen LogP contribution is -2.14. The number of rotatable bonds is 3. The number of halogens is 1. The summed E-state index contributed by atoms with van der Waals surface area (Å²) in [7, 11) is 0. The van der Waals surface area contributed by atoms with Gasteiger partial charge in [-0.05, 0) is 30.5 Å². The number of aromatic amines is 1. The Labute approximate surface area is 104 Å². The molecule has 0 amide bonds. The maximum absolute atomic E-state index is 6.09. The van der Waals surface area contributed by atoms with Gasteiger partial charge in [0.05, 0.1) is 17.1 Å². The SMILES string of the molecule is CC(C)C[C@@H](N)c1nc2ccc(Br)cc2[nH]1. The molecule has 0 aliphatic heterocycles. The summed E-state index contributed by atoms with van der Waals surface area (Å²) in [5, 5.41) is 0. The van der Waals surface area contributed by atoms with E-state index in [1.54, 1.807) is 0 Å². The fourth-order valence-corrected chi connectivity index (χ4v) is 2.16. The molecular weight excluding hydrogens is 266 g/mol. The molecule has 1 aromatic carbocycles. The average Bonchev–Trinajstić information content (AvgIpc) is 2.59. The number of nitrogens with zero attached hydrogens (tertiary/aromatic N) is 1. The van der Waals surface area contributed by atoms with Gasteiger partial charge in [-0.1, -0.05) is 29.8 Å². The van der Waals surface area contributed by atoms with Crippen LogP contribution in [0.1, 0.15) is 32.1 Å². The maximum Gasteiger partial charge on any atom is 0.124 e. The first kappa shape index (κ1) is 11.6. The normalized spacial score (nSPS) is 13.6. The molecule has 0 unspecified atom stereocenters. The second-order valence-corrected chi connectivity index (χ2v) is 5.44. The van der Waals surface area contributed by atoms with Crippen molar-refractivity contribution in [2.75, 3.05) is 0 Å². The molecule has 2 rings (SSSR count). The molecule has 0 aliphatic carbocycles. The van der Waals surface area contributed by atoms with Gasteiger partial charge in [0.15, 0.2) is 0 Å². The van der Waals surface area contributed by atoms with Crippen molar-refractivity contribution in [2.45, 2.75) is 26.3 Å². The fraction of sp³-hybridized carbons (Fsp3) is 0.417. The first-order chi connectivity index (χ1) is 7.56. The van der Waals surface area contributed by atoms with Gasteiger partial charge in [0, 0.05) is 4.47 Å². The zero-order chi connectivity index (χ0) is 11.7. The highest BCUT2D eigenvalue weighted by molar-refractivity contribution is 9.10. The molecule has 2 aromatic rings. The molecule has 4 heteroatoms. The van der Waals surface area contributed by atoms with Crippen LogP contribution in [0, 0.1) is 5.92 Å². The van der Waals surface area contributed by atoms with E-state index in [2.05, 4.69) is 39.7 Å². The number of hydrogen-bond acceptors (Lipinski definition) is 2. The summed E-state index contributed by atoms with van der Waals surface area (Å²) in [5.74, 6) is 1.46. The minimum Gasteiger partial charge on any atom is -0.341 e. The van der Waals surface area contributed by atoms with Gasteiger partial charge in [0.2, 0.25) is 0 Å². The monoisotopic (exact) mass is 281 g/mol. The number of hydrogen-bond donors (Lipinski definition) is 2. The third kappa shape index (κ3) is 2.44. The molecule has 0 fully saturated rings. The van der Waals surface area contributed by atoms with E-state index in [-0.39, 0.29) is 6.04 Å². The third-order valence-corrected chi connectivity index (χ3v) is 3.03. The van der Waals surface area contributed by atoms with Crippen LogP contribution >= 0.6 is 15.9 Å². The number of fused-ring (bicyclic) bond motifs is 1. The van der Waals surface area contributed by atoms with Crippen LogP contribution in [-0.2, 0) is 0 Å². The predicted molar refractivity (Wildman–Crippen MR) is 70.2 cm³/mol. The lowest BCUT2D eigenvalue weighted by Gasteiger charge is -2.10. The molecule has 0 spiro atoms. The lowest BCUT2D eigenvalue weighted by molar-refractivity contribution is 0.496. The lowest BCUT2D eigenvalue weighted by atomic mass is 10.0. The van der Waals surface area contributed by atoms with E-state index in [1.165, 1.54) is 0 Å². The molecule has 0 bridgehead atoms. The second-order valence-electron chi connectivity index (χ2n) is 4.52. The molecule has 0 aliphatic rings. The van der Waals surface area contributed by atoms with Crippen LogP contribution in [0.4, 0.5) is 0 Å². The van der Waals surface area contributed by atoms with Gasteiger partial charge in [-0.15, -0.1) is 0 Å². The van der Waals surface area contributed by atoms with Gasteiger partial charge >= 0.3 is 0 Å². The predicted octanol–water partition coefficient (Wildman–Crippen LogP) is 3.37. The van der Waals surface area contributed by atoms with E-state index in [0.717, 1.165) is 27.8 Å². The van der Waals surface area contributed by atoms with E-state index >= 15 is 0 Å². The Kier molecular flexibility index (Phi) is 3.30. The average molecular weight is 282 g/mol. The van der Waals surface area contributed by atoms with Crippen LogP contribution in [0.3, 0.4) is 0 Å². The van der Waals surface area contributed by atoms with Gasteiger partial charge < -0.3 is 10.7 Å². The molecule has 1 heterocycles. The van der Waals surface area contributed by atoms with Gasteiger partial charge in [-0.25, -0.2) is 4.98 Å². The van der Waals surface area contributed by atoms with Crippen LogP contribution in [0.25, 0.3) is 11.0 Å². The Balaban J connectivity index is 2.32. The minimum absolute atomic E-state index is 0.00817. The molecule has 0 saturated carbocycles. The molecule has 1 atom stereocenters. The van der Waals surface area contributed by atoms with E-state index in [0.29, 0.717) is 5.92 Å². The van der Waals surface area contributed by atoms with Crippen molar-refractivity contribution in [3.05, 3.63) is 28.5 Å². The number of aromatic nitrogens is 2. The topological polar surface area (TPSA) is 54.7 Å². The maximum atomic E-state index is 6.09. The Bertz CT molecular complexity index is 490. The molecular formula is C12H16BrN3. The summed E-state index contributed by atoms with van der Waals surface area (Å²) in [6, 6.07) is 5.99. The van der Waals surface area contributed by atoms with Crippen molar-refractivity contribution in [3.63, 3.8) is 0 Å². The highest BCUT2D eigenvalue weighted by Crippen LogP contribution is 2.22. The Morgan fingerprint density at radius 3 is 2.88 bits per heavy atom. The van der Waals surface area contributed by atoms with Crippen LogP contribution in [0.5, 0.6) is 0 Å². The first-order valence-electron chi connectivity index (χ1n) is 5.47. The van der Waals surface area contributed by atoms with Crippen molar-refractivity contribution in [2.24, 2.45) is 11.7 Å². The summed E-state index contributed by atoms with van der Waals surface area (Å²) in [5.41, 5.74) is 8.09. The molecule has 3 N–H and O–H groups in total. The molecule has 0 saturated heterocycles. The second kappa shape index (κ2) is 4.55.